The van der Waals surface area contributed by atoms with E-state index in [9.17, 15) is 30.0 Å². The number of alkyl carbamates (subject to hydrolysis) is 1. The quantitative estimate of drug-likeness (QED) is 0.149. The van der Waals surface area contributed by atoms with Gasteiger partial charge in [-0.2, -0.15) is 0 Å². The largest absolute Gasteiger partial charge is 0.445 e. The molecule has 0 aromatic heterocycles. The lowest BCUT2D eigenvalue weighted by Crippen LogP contribution is -2.51. The zero-order valence-corrected chi connectivity index (χ0v) is 17.3. The highest BCUT2D eigenvalue weighted by Crippen LogP contribution is 2.05. The molecule has 1 rings (SSSR count). The molecular weight excluding hydrogens is 410 g/mol. The Labute approximate surface area is 180 Å². The van der Waals surface area contributed by atoms with Crippen molar-refractivity contribution in [2.75, 3.05) is 19.7 Å². The standard InChI is InChI=1S/C20H33N3O8/c21-14(19(29)23-10-15(25)17(27)18(28)16(26)11-24)8-4-5-9-22-20(30)31-12-13-6-2-1-3-7-13/h1-3,6-7,14-18,24-28H,4-5,8-12,21H2,(H,22,30)(H,23,29). The molecule has 11 nitrogen and oxygen atoms in total. The van der Waals surface area contributed by atoms with E-state index in [1.54, 1.807) is 0 Å². The van der Waals surface area contributed by atoms with Crippen LogP contribution in [0.2, 0.25) is 0 Å². The summed E-state index contributed by atoms with van der Waals surface area (Å²) in [6.07, 6.45) is -5.77. The van der Waals surface area contributed by atoms with Crippen molar-refractivity contribution in [3.05, 3.63) is 35.9 Å². The summed E-state index contributed by atoms with van der Waals surface area (Å²) >= 11 is 0. The van der Waals surface area contributed by atoms with Gasteiger partial charge < -0.3 is 46.6 Å². The Morgan fingerprint density at radius 2 is 1.61 bits per heavy atom. The maximum absolute atomic E-state index is 12.0. The molecule has 9 N–H and O–H groups in total. The molecule has 5 atom stereocenters. The molecule has 1 aromatic rings. The van der Waals surface area contributed by atoms with E-state index in [4.69, 9.17) is 15.6 Å². The fraction of sp³-hybridized carbons (Fsp3) is 0.600. The van der Waals surface area contributed by atoms with Crippen LogP contribution in [0.15, 0.2) is 30.3 Å². The smallest absolute Gasteiger partial charge is 0.407 e. The Morgan fingerprint density at radius 3 is 2.26 bits per heavy atom. The molecule has 176 valence electrons. The highest BCUT2D eigenvalue weighted by Gasteiger charge is 2.30. The zero-order valence-electron chi connectivity index (χ0n) is 17.3. The summed E-state index contributed by atoms with van der Waals surface area (Å²) < 4.78 is 5.08. The minimum atomic E-state index is -1.77. The first kappa shape index (κ1) is 26.8. The molecule has 11 heteroatoms. The van der Waals surface area contributed by atoms with Gasteiger partial charge in [0.15, 0.2) is 0 Å². The number of nitrogens with one attached hydrogen (secondary N) is 2. The number of aliphatic hydroxyl groups excluding tert-OH is 5. The van der Waals surface area contributed by atoms with Crippen molar-refractivity contribution in [1.82, 2.24) is 10.6 Å². The summed E-state index contributed by atoms with van der Waals surface area (Å²) in [4.78, 5) is 23.6. The number of nitrogens with two attached hydrogens (primary N) is 1. The van der Waals surface area contributed by atoms with Crippen molar-refractivity contribution in [2.45, 2.75) is 56.3 Å². The molecule has 0 fully saturated rings. The van der Waals surface area contributed by atoms with Gasteiger partial charge in [0, 0.05) is 13.1 Å². The van der Waals surface area contributed by atoms with Crippen molar-refractivity contribution < 1.29 is 39.9 Å². The highest BCUT2D eigenvalue weighted by molar-refractivity contribution is 5.81. The van der Waals surface area contributed by atoms with Crippen LogP contribution in [0.3, 0.4) is 0 Å². The Morgan fingerprint density at radius 1 is 0.968 bits per heavy atom. The Bertz CT molecular complexity index is 649. The summed E-state index contributed by atoms with van der Waals surface area (Å²) in [6.45, 7) is -0.647. The third-order valence-electron chi connectivity index (χ3n) is 4.57. The molecule has 31 heavy (non-hydrogen) atoms. The molecule has 5 unspecified atom stereocenters. The van der Waals surface area contributed by atoms with E-state index >= 15 is 0 Å². The summed E-state index contributed by atoms with van der Waals surface area (Å²) in [5, 5.41) is 51.9. The maximum Gasteiger partial charge on any atom is 0.407 e. The molecule has 0 heterocycles. The Hall–Kier alpha value is -2.28. The number of carbonyl (C=O) groups is 2. The van der Waals surface area contributed by atoms with Crippen molar-refractivity contribution in [1.29, 1.82) is 0 Å². The van der Waals surface area contributed by atoms with Gasteiger partial charge in [0.1, 0.15) is 24.9 Å². The van der Waals surface area contributed by atoms with Crippen molar-refractivity contribution in [2.24, 2.45) is 5.73 Å². The number of aliphatic hydroxyl groups is 5. The summed E-state index contributed by atoms with van der Waals surface area (Å²) in [5.74, 6) is -0.557. The van der Waals surface area contributed by atoms with Crippen molar-refractivity contribution in [3.63, 3.8) is 0 Å². The number of benzene rings is 1. The lowest BCUT2D eigenvalue weighted by Gasteiger charge is -2.26. The molecule has 0 spiro atoms. The normalized spacial score (nSPS) is 15.9. The first-order valence-electron chi connectivity index (χ1n) is 10.1. The van der Waals surface area contributed by atoms with Gasteiger partial charge in [-0.15, -0.1) is 0 Å². The van der Waals surface area contributed by atoms with Gasteiger partial charge in [-0.25, -0.2) is 4.79 Å². The average molecular weight is 443 g/mol. The van der Waals surface area contributed by atoms with Crippen LogP contribution in [-0.2, 0) is 16.1 Å². The number of rotatable bonds is 14. The molecule has 0 bridgehead atoms. The summed E-state index contributed by atoms with van der Waals surface area (Å²) in [5.41, 5.74) is 6.65. The number of hydrogen-bond acceptors (Lipinski definition) is 9. The van der Waals surface area contributed by atoms with Crippen molar-refractivity contribution >= 4 is 12.0 Å². The van der Waals surface area contributed by atoms with Crippen LogP contribution in [0.5, 0.6) is 0 Å². The average Bonchev–Trinajstić information content (AvgIpc) is 2.79. The predicted octanol–water partition coefficient (Wildman–Crippen LogP) is -2.04. The molecule has 0 saturated carbocycles. The van der Waals surface area contributed by atoms with E-state index in [2.05, 4.69) is 10.6 Å². The van der Waals surface area contributed by atoms with Gasteiger partial charge in [0.05, 0.1) is 18.8 Å². The summed E-state index contributed by atoms with van der Waals surface area (Å²) in [6, 6.07) is 8.41. The van der Waals surface area contributed by atoms with Gasteiger partial charge in [-0.05, 0) is 24.8 Å². The summed E-state index contributed by atoms with van der Waals surface area (Å²) in [7, 11) is 0. The molecule has 0 saturated heterocycles. The first-order valence-corrected chi connectivity index (χ1v) is 10.1. The third kappa shape index (κ3) is 10.5. The van der Waals surface area contributed by atoms with Gasteiger partial charge in [-0.1, -0.05) is 30.3 Å². The molecule has 0 radical (unpaired) electrons. The van der Waals surface area contributed by atoms with E-state index in [1.165, 1.54) is 0 Å². The van der Waals surface area contributed by atoms with E-state index in [-0.39, 0.29) is 6.61 Å². The topological polar surface area (TPSA) is 195 Å². The van der Waals surface area contributed by atoms with Crippen molar-refractivity contribution in [3.8, 4) is 0 Å². The van der Waals surface area contributed by atoms with Crippen LogP contribution < -0.4 is 16.4 Å². The Balaban J connectivity index is 2.15. The van der Waals surface area contributed by atoms with Crippen LogP contribution in [0, 0.1) is 0 Å². The van der Waals surface area contributed by atoms with E-state index < -0.39 is 55.6 Å². The minimum Gasteiger partial charge on any atom is -0.445 e. The Kier molecular flexibility index (Phi) is 12.7. The van der Waals surface area contributed by atoms with Gasteiger partial charge >= 0.3 is 6.09 Å². The third-order valence-corrected chi connectivity index (χ3v) is 4.57. The second kappa shape index (κ2) is 14.7. The van der Waals surface area contributed by atoms with E-state index in [0.717, 1.165) is 5.56 Å². The van der Waals surface area contributed by atoms with Crippen LogP contribution in [0.1, 0.15) is 24.8 Å². The lowest BCUT2D eigenvalue weighted by atomic mass is 10.0. The molecule has 0 aliphatic carbocycles. The zero-order chi connectivity index (χ0) is 23.2. The van der Waals surface area contributed by atoms with Crippen LogP contribution in [-0.4, -0.2) is 87.7 Å². The fourth-order valence-electron chi connectivity index (χ4n) is 2.61. The van der Waals surface area contributed by atoms with Gasteiger partial charge in [-0.3, -0.25) is 4.79 Å². The second-order valence-corrected chi connectivity index (χ2v) is 7.13. The highest BCUT2D eigenvalue weighted by atomic mass is 16.5. The van der Waals surface area contributed by atoms with Crippen LogP contribution in [0.25, 0.3) is 0 Å². The fourth-order valence-corrected chi connectivity index (χ4v) is 2.61. The molecule has 2 amide bonds. The molecule has 0 aliphatic heterocycles. The number of carbonyl (C=O) groups excluding carboxylic acids is 2. The number of unbranched alkanes of at least 4 members (excludes halogenated alkanes) is 1. The molecule has 0 aliphatic rings. The van der Waals surface area contributed by atoms with Gasteiger partial charge in [0.2, 0.25) is 5.91 Å². The maximum atomic E-state index is 12.0. The number of amides is 2. The molecule has 1 aromatic carbocycles. The monoisotopic (exact) mass is 443 g/mol. The second-order valence-electron chi connectivity index (χ2n) is 7.13. The lowest BCUT2D eigenvalue weighted by molar-refractivity contribution is -0.127. The van der Waals surface area contributed by atoms with Crippen LogP contribution >= 0.6 is 0 Å². The van der Waals surface area contributed by atoms with E-state index in [1.807, 2.05) is 30.3 Å². The molecular formula is C20H33N3O8. The van der Waals surface area contributed by atoms with Gasteiger partial charge in [0.25, 0.3) is 0 Å². The number of hydrogen-bond donors (Lipinski definition) is 8. The SMILES string of the molecule is NC(CCCCNC(=O)OCc1ccccc1)C(=O)NCC(O)C(O)C(O)C(O)CO. The van der Waals surface area contributed by atoms with Crippen LogP contribution in [0.4, 0.5) is 4.79 Å². The number of ether oxygens (including phenoxy) is 1. The van der Waals surface area contributed by atoms with E-state index in [0.29, 0.717) is 25.8 Å². The predicted molar refractivity (Wildman–Crippen MR) is 111 cm³/mol. The first-order chi connectivity index (χ1) is 14.8. The minimum absolute atomic E-state index is 0.175.